The standard InChI is InChI=1S/C13H27N3O2/c1-2-5-12(14)13(17)15-6-3-4-7-16-8-10-18-11-9-16/h12H,2-11,14H2,1H3,(H,15,17). The van der Waals surface area contributed by atoms with Gasteiger partial charge in [-0.1, -0.05) is 13.3 Å². The monoisotopic (exact) mass is 257 g/mol. The highest BCUT2D eigenvalue weighted by Gasteiger charge is 2.11. The van der Waals surface area contributed by atoms with Gasteiger partial charge in [0.25, 0.3) is 0 Å². The number of hydrogen-bond donors (Lipinski definition) is 2. The van der Waals surface area contributed by atoms with E-state index in [1.54, 1.807) is 0 Å². The molecule has 1 aliphatic rings. The van der Waals surface area contributed by atoms with Crippen molar-refractivity contribution in [1.82, 2.24) is 10.2 Å². The van der Waals surface area contributed by atoms with E-state index in [1.165, 1.54) is 0 Å². The Morgan fingerprint density at radius 1 is 1.39 bits per heavy atom. The van der Waals surface area contributed by atoms with Gasteiger partial charge in [-0.15, -0.1) is 0 Å². The molecule has 5 heteroatoms. The molecule has 3 N–H and O–H groups in total. The lowest BCUT2D eigenvalue weighted by Crippen LogP contribution is -2.41. The number of amides is 1. The van der Waals surface area contributed by atoms with Gasteiger partial charge in [0.05, 0.1) is 19.3 Å². The van der Waals surface area contributed by atoms with Crippen LogP contribution < -0.4 is 11.1 Å². The van der Waals surface area contributed by atoms with Gasteiger partial charge in [-0.2, -0.15) is 0 Å². The summed E-state index contributed by atoms with van der Waals surface area (Å²) in [5, 5.41) is 2.90. The summed E-state index contributed by atoms with van der Waals surface area (Å²) in [6, 6.07) is -0.339. The van der Waals surface area contributed by atoms with Gasteiger partial charge in [0.15, 0.2) is 0 Å². The summed E-state index contributed by atoms with van der Waals surface area (Å²) in [5.41, 5.74) is 5.73. The normalized spacial score (nSPS) is 18.6. The van der Waals surface area contributed by atoms with E-state index in [9.17, 15) is 4.79 Å². The van der Waals surface area contributed by atoms with Crippen LogP contribution in [0.5, 0.6) is 0 Å². The molecule has 0 radical (unpaired) electrons. The summed E-state index contributed by atoms with van der Waals surface area (Å²) < 4.78 is 5.30. The SMILES string of the molecule is CCCC(N)C(=O)NCCCCN1CCOCC1. The Balaban J connectivity index is 1.95. The fraction of sp³-hybridized carbons (Fsp3) is 0.923. The van der Waals surface area contributed by atoms with Crippen LogP contribution in [0, 0.1) is 0 Å². The fourth-order valence-corrected chi connectivity index (χ4v) is 2.07. The Morgan fingerprint density at radius 2 is 2.11 bits per heavy atom. The van der Waals surface area contributed by atoms with Crippen molar-refractivity contribution in [1.29, 1.82) is 0 Å². The Hall–Kier alpha value is -0.650. The van der Waals surface area contributed by atoms with Crippen molar-refractivity contribution in [3.05, 3.63) is 0 Å². The third-order valence-corrected chi connectivity index (χ3v) is 3.24. The fourth-order valence-electron chi connectivity index (χ4n) is 2.07. The van der Waals surface area contributed by atoms with Gasteiger partial charge in [-0.25, -0.2) is 0 Å². The maximum absolute atomic E-state index is 11.5. The molecular formula is C13H27N3O2. The summed E-state index contributed by atoms with van der Waals surface area (Å²) in [4.78, 5) is 13.9. The summed E-state index contributed by atoms with van der Waals surface area (Å²) in [5.74, 6) is -0.0109. The molecule has 1 saturated heterocycles. The van der Waals surface area contributed by atoms with Crippen LogP contribution in [0.3, 0.4) is 0 Å². The first kappa shape index (κ1) is 15.4. The molecule has 1 fully saturated rings. The predicted molar refractivity (Wildman–Crippen MR) is 72.4 cm³/mol. The van der Waals surface area contributed by atoms with Gasteiger partial charge in [-0.05, 0) is 25.8 Å². The number of morpholine rings is 1. The van der Waals surface area contributed by atoms with Gasteiger partial charge in [0, 0.05) is 19.6 Å². The molecule has 18 heavy (non-hydrogen) atoms. The van der Waals surface area contributed by atoms with E-state index in [1.807, 2.05) is 6.92 Å². The third-order valence-electron chi connectivity index (χ3n) is 3.24. The van der Waals surface area contributed by atoms with Crippen molar-refractivity contribution in [2.45, 2.75) is 38.6 Å². The Bertz CT molecular complexity index is 230. The molecule has 0 aromatic rings. The van der Waals surface area contributed by atoms with Crippen molar-refractivity contribution < 1.29 is 9.53 Å². The smallest absolute Gasteiger partial charge is 0.236 e. The summed E-state index contributed by atoms with van der Waals surface area (Å²) in [7, 11) is 0. The number of nitrogens with two attached hydrogens (primary N) is 1. The lowest BCUT2D eigenvalue weighted by atomic mass is 10.1. The molecule has 1 heterocycles. The van der Waals surface area contributed by atoms with Gasteiger partial charge in [0.1, 0.15) is 0 Å². The lowest BCUT2D eigenvalue weighted by molar-refractivity contribution is -0.122. The van der Waals surface area contributed by atoms with Gasteiger partial charge in [0.2, 0.25) is 5.91 Å². The molecule has 0 bridgehead atoms. The van der Waals surface area contributed by atoms with Crippen molar-refractivity contribution >= 4 is 5.91 Å². The topological polar surface area (TPSA) is 67.6 Å². The van der Waals surface area contributed by atoms with Gasteiger partial charge >= 0.3 is 0 Å². The predicted octanol–water partition coefficient (Wildman–Crippen LogP) is 0.342. The van der Waals surface area contributed by atoms with Crippen LogP contribution >= 0.6 is 0 Å². The first-order valence-electron chi connectivity index (χ1n) is 7.07. The van der Waals surface area contributed by atoms with Crippen molar-refractivity contribution in [3.8, 4) is 0 Å². The first-order chi connectivity index (χ1) is 8.74. The van der Waals surface area contributed by atoms with Gasteiger partial charge in [-0.3, -0.25) is 9.69 Å². The highest BCUT2D eigenvalue weighted by atomic mass is 16.5. The zero-order valence-electron chi connectivity index (χ0n) is 11.5. The van der Waals surface area contributed by atoms with E-state index in [2.05, 4.69) is 10.2 Å². The zero-order chi connectivity index (χ0) is 13.2. The number of unbranched alkanes of at least 4 members (excludes halogenated alkanes) is 1. The first-order valence-corrected chi connectivity index (χ1v) is 7.07. The number of nitrogens with zero attached hydrogens (tertiary/aromatic N) is 1. The molecular weight excluding hydrogens is 230 g/mol. The molecule has 0 spiro atoms. The molecule has 1 rings (SSSR count). The number of carbonyl (C=O) groups excluding carboxylic acids is 1. The largest absolute Gasteiger partial charge is 0.379 e. The van der Waals surface area contributed by atoms with E-state index in [-0.39, 0.29) is 11.9 Å². The van der Waals surface area contributed by atoms with E-state index in [4.69, 9.17) is 10.5 Å². The molecule has 0 aliphatic carbocycles. The second kappa shape index (κ2) is 9.30. The van der Waals surface area contributed by atoms with Crippen LogP contribution in [0.15, 0.2) is 0 Å². The van der Waals surface area contributed by atoms with Crippen LogP contribution in [0.1, 0.15) is 32.6 Å². The molecule has 0 aromatic carbocycles. The molecule has 1 unspecified atom stereocenters. The lowest BCUT2D eigenvalue weighted by Gasteiger charge is -2.26. The number of nitrogens with one attached hydrogen (secondary N) is 1. The number of ether oxygens (including phenoxy) is 1. The Labute approximate surface area is 110 Å². The van der Waals surface area contributed by atoms with Crippen molar-refractivity contribution in [3.63, 3.8) is 0 Å². The maximum Gasteiger partial charge on any atom is 0.236 e. The second-order valence-corrected chi connectivity index (χ2v) is 4.85. The maximum atomic E-state index is 11.5. The van der Waals surface area contributed by atoms with E-state index >= 15 is 0 Å². The average Bonchev–Trinajstić information content (AvgIpc) is 2.39. The molecule has 0 saturated carbocycles. The van der Waals surface area contributed by atoms with Crippen LogP contribution in [0.2, 0.25) is 0 Å². The van der Waals surface area contributed by atoms with Crippen molar-refractivity contribution in [2.75, 3.05) is 39.4 Å². The Kier molecular flexibility index (Phi) is 7.96. The van der Waals surface area contributed by atoms with Crippen molar-refractivity contribution in [2.24, 2.45) is 5.73 Å². The summed E-state index contributed by atoms with van der Waals surface area (Å²) >= 11 is 0. The zero-order valence-corrected chi connectivity index (χ0v) is 11.5. The van der Waals surface area contributed by atoms with E-state index in [0.29, 0.717) is 0 Å². The van der Waals surface area contributed by atoms with E-state index in [0.717, 1.165) is 65.1 Å². The quantitative estimate of drug-likeness (QED) is 0.615. The van der Waals surface area contributed by atoms with Crippen LogP contribution in [-0.2, 0) is 9.53 Å². The van der Waals surface area contributed by atoms with Crippen LogP contribution in [0.4, 0.5) is 0 Å². The number of hydrogen-bond acceptors (Lipinski definition) is 4. The van der Waals surface area contributed by atoms with Crippen LogP contribution in [0.25, 0.3) is 0 Å². The Morgan fingerprint density at radius 3 is 2.78 bits per heavy atom. The third kappa shape index (κ3) is 6.33. The molecule has 1 amide bonds. The second-order valence-electron chi connectivity index (χ2n) is 4.85. The molecule has 1 aliphatic heterocycles. The summed E-state index contributed by atoms with van der Waals surface area (Å²) in [6.45, 7) is 7.64. The number of carbonyl (C=O) groups is 1. The van der Waals surface area contributed by atoms with Gasteiger partial charge < -0.3 is 15.8 Å². The molecule has 5 nitrogen and oxygen atoms in total. The van der Waals surface area contributed by atoms with Crippen LogP contribution in [-0.4, -0.2) is 56.2 Å². The average molecular weight is 257 g/mol. The minimum absolute atomic E-state index is 0.0109. The minimum Gasteiger partial charge on any atom is -0.379 e. The number of rotatable bonds is 8. The molecule has 0 aromatic heterocycles. The summed E-state index contributed by atoms with van der Waals surface area (Å²) in [6.07, 6.45) is 3.84. The molecule has 106 valence electrons. The molecule has 1 atom stereocenters. The minimum atomic E-state index is -0.339. The highest BCUT2D eigenvalue weighted by Crippen LogP contribution is 1.99. The van der Waals surface area contributed by atoms with E-state index < -0.39 is 0 Å². The highest BCUT2D eigenvalue weighted by molar-refractivity contribution is 5.81.